The zero-order chi connectivity index (χ0) is 16.7. The zero-order valence-electron chi connectivity index (χ0n) is 13.7. The second-order valence-electron chi connectivity index (χ2n) is 5.51. The highest BCUT2D eigenvalue weighted by Crippen LogP contribution is 2.28. The van der Waals surface area contributed by atoms with Crippen LogP contribution < -0.4 is 15.6 Å². The third-order valence-corrected chi connectivity index (χ3v) is 4.93. The van der Waals surface area contributed by atoms with Crippen LogP contribution in [-0.4, -0.2) is 26.9 Å². The van der Waals surface area contributed by atoms with E-state index < -0.39 is 0 Å². The quantitative estimate of drug-likeness (QED) is 0.766. The molecule has 3 heterocycles. The van der Waals surface area contributed by atoms with Gasteiger partial charge in [0.15, 0.2) is 0 Å². The molecule has 122 valence electrons. The summed E-state index contributed by atoms with van der Waals surface area (Å²) < 4.78 is 6.90. The van der Waals surface area contributed by atoms with Gasteiger partial charge in [0.1, 0.15) is 16.3 Å². The van der Waals surface area contributed by atoms with E-state index in [0.717, 1.165) is 21.0 Å². The van der Waals surface area contributed by atoms with Crippen LogP contribution in [0.1, 0.15) is 29.2 Å². The van der Waals surface area contributed by atoms with Crippen LogP contribution in [0.2, 0.25) is 0 Å². The standard InChI is InChI=1S/C15H19N5O2S/c1-7-9(3)23-15-11(7)13(21)17-12(18-15)8(2)16-10-6-20(4)19-14(10)22-5/h6,8,16H,1-5H3,(H,17,18,21). The Morgan fingerprint density at radius 3 is 2.87 bits per heavy atom. The fourth-order valence-electron chi connectivity index (χ4n) is 2.50. The number of methoxy groups -OCH3 is 1. The van der Waals surface area contributed by atoms with Gasteiger partial charge in [-0.05, 0) is 26.3 Å². The molecular formula is C15H19N5O2S. The number of rotatable bonds is 4. The molecule has 3 aromatic rings. The van der Waals surface area contributed by atoms with E-state index in [2.05, 4.69) is 20.4 Å². The molecule has 0 aliphatic carbocycles. The van der Waals surface area contributed by atoms with Crippen molar-refractivity contribution in [3.05, 3.63) is 32.8 Å². The first kappa shape index (κ1) is 15.5. The minimum absolute atomic E-state index is 0.0985. The summed E-state index contributed by atoms with van der Waals surface area (Å²) >= 11 is 1.54. The molecule has 8 heteroatoms. The maximum atomic E-state index is 12.4. The van der Waals surface area contributed by atoms with Gasteiger partial charge in [-0.1, -0.05) is 0 Å². The Hall–Kier alpha value is -2.35. The number of thiophene rings is 1. The Bertz CT molecular complexity index is 924. The van der Waals surface area contributed by atoms with E-state index in [1.807, 2.05) is 34.0 Å². The van der Waals surface area contributed by atoms with Crippen LogP contribution in [0.3, 0.4) is 0 Å². The lowest BCUT2D eigenvalue weighted by atomic mass is 10.2. The Morgan fingerprint density at radius 1 is 1.43 bits per heavy atom. The van der Waals surface area contributed by atoms with E-state index in [1.165, 1.54) is 0 Å². The van der Waals surface area contributed by atoms with Crippen molar-refractivity contribution in [2.75, 3.05) is 12.4 Å². The normalized spacial score (nSPS) is 12.6. The van der Waals surface area contributed by atoms with E-state index in [1.54, 1.807) is 23.1 Å². The number of anilines is 1. The molecule has 0 saturated heterocycles. The van der Waals surface area contributed by atoms with Gasteiger partial charge in [0.2, 0.25) is 0 Å². The molecule has 0 aromatic carbocycles. The highest BCUT2D eigenvalue weighted by molar-refractivity contribution is 7.18. The molecule has 7 nitrogen and oxygen atoms in total. The van der Waals surface area contributed by atoms with Crippen LogP contribution in [0.4, 0.5) is 5.69 Å². The minimum atomic E-state index is -0.187. The van der Waals surface area contributed by atoms with E-state index in [-0.39, 0.29) is 11.6 Å². The summed E-state index contributed by atoms with van der Waals surface area (Å²) in [5.74, 6) is 1.10. The molecule has 0 fully saturated rings. The molecule has 23 heavy (non-hydrogen) atoms. The van der Waals surface area contributed by atoms with Gasteiger partial charge < -0.3 is 15.0 Å². The molecule has 0 aliphatic heterocycles. The van der Waals surface area contributed by atoms with Crippen molar-refractivity contribution in [1.29, 1.82) is 0 Å². The van der Waals surface area contributed by atoms with Crippen molar-refractivity contribution in [3.63, 3.8) is 0 Å². The highest BCUT2D eigenvalue weighted by Gasteiger charge is 2.17. The Morgan fingerprint density at radius 2 is 2.17 bits per heavy atom. The SMILES string of the molecule is COc1nn(C)cc1NC(C)c1nc2sc(C)c(C)c2c(=O)[nH]1. The third-order valence-electron chi connectivity index (χ3n) is 3.83. The number of hydrogen-bond acceptors (Lipinski definition) is 6. The molecule has 1 unspecified atom stereocenters. The number of hydrogen-bond donors (Lipinski definition) is 2. The first-order valence-corrected chi connectivity index (χ1v) is 8.06. The second kappa shape index (κ2) is 5.69. The molecule has 0 radical (unpaired) electrons. The number of nitrogens with zero attached hydrogens (tertiary/aromatic N) is 3. The monoisotopic (exact) mass is 333 g/mol. The van der Waals surface area contributed by atoms with Crippen LogP contribution >= 0.6 is 11.3 Å². The summed E-state index contributed by atoms with van der Waals surface area (Å²) in [7, 11) is 3.39. The molecule has 3 aromatic heterocycles. The first-order chi connectivity index (χ1) is 10.9. The molecule has 0 amide bonds. The lowest BCUT2D eigenvalue weighted by Crippen LogP contribution is -2.17. The number of fused-ring (bicyclic) bond motifs is 1. The predicted molar refractivity (Wildman–Crippen MR) is 91.5 cm³/mol. The third kappa shape index (κ3) is 2.70. The van der Waals surface area contributed by atoms with Crippen molar-refractivity contribution in [3.8, 4) is 5.88 Å². The van der Waals surface area contributed by atoms with Gasteiger partial charge in [0, 0.05) is 11.9 Å². The number of nitrogens with one attached hydrogen (secondary N) is 2. The average Bonchev–Trinajstić information content (AvgIpc) is 2.99. The molecule has 0 aliphatic rings. The second-order valence-corrected chi connectivity index (χ2v) is 6.71. The van der Waals surface area contributed by atoms with E-state index in [0.29, 0.717) is 17.1 Å². The Kier molecular flexibility index (Phi) is 3.85. The summed E-state index contributed by atoms with van der Waals surface area (Å²) in [4.78, 5) is 21.7. The summed E-state index contributed by atoms with van der Waals surface area (Å²) in [6, 6.07) is -0.187. The van der Waals surface area contributed by atoms with Crippen LogP contribution in [0.15, 0.2) is 11.0 Å². The molecule has 0 saturated carbocycles. The smallest absolute Gasteiger partial charge is 0.259 e. The zero-order valence-corrected chi connectivity index (χ0v) is 14.5. The minimum Gasteiger partial charge on any atom is -0.478 e. The van der Waals surface area contributed by atoms with E-state index >= 15 is 0 Å². The van der Waals surface area contributed by atoms with Crippen molar-refractivity contribution < 1.29 is 4.74 Å². The van der Waals surface area contributed by atoms with Gasteiger partial charge in [-0.3, -0.25) is 9.48 Å². The molecule has 0 spiro atoms. The van der Waals surface area contributed by atoms with Crippen LogP contribution in [0.5, 0.6) is 5.88 Å². The van der Waals surface area contributed by atoms with Gasteiger partial charge in [-0.25, -0.2) is 4.98 Å². The highest BCUT2D eigenvalue weighted by atomic mass is 32.1. The lowest BCUT2D eigenvalue weighted by Gasteiger charge is -2.13. The van der Waals surface area contributed by atoms with E-state index in [9.17, 15) is 4.79 Å². The maximum absolute atomic E-state index is 12.4. The molecule has 3 rings (SSSR count). The lowest BCUT2D eigenvalue weighted by molar-refractivity contribution is 0.393. The topological polar surface area (TPSA) is 84.8 Å². The van der Waals surface area contributed by atoms with Crippen LogP contribution in [0, 0.1) is 13.8 Å². The maximum Gasteiger partial charge on any atom is 0.259 e. The predicted octanol–water partition coefficient (Wildman–Crippen LogP) is 2.52. The van der Waals surface area contributed by atoms with Gasteiger partial charge in [-0.2, -0.15) is 0 Å². The largest absolute Gasteiger partial charge is 0.478 e. The van der Waals surface area contributed by atoms with Crippen molar-refractivity contribution in [1.82, 2.24) is 19.7 Å². The fourth-order valence-corrected chi connectivity index (χ4v) is 3.53. The number of ether oxygens (including phenoxy) is 1. The van der Waals surface area contributed by atoms with Gasteiger partial charge in [0.05, 0.1) is 24.7 Å². The molecule has 2 N–H and O–H groups in total. The number of aromatic nitrogens is 4. The van der Waals surface area contributed by atoms with E-state index in [4.69, 9.17) is 4.74 Å². The summed E-state index contributed by atoms with van der Waals surface area (Å²) in [5.41, 5.74) is 1.65. The summed E-state index contributed by atoms with van der Waals surface area (Å²) in [5, 5.41) is 8.16. The summed E-state index contributed by atoms with van der Waals surface area (Å²) in [6.07, 6.45) is 1.82. The number of aromatic amines is 1. The van der Waals surface area contributed by atoms with Crippen molar-refractivity contribution in [2.45, 2.75) is 26.8 Å². The Labute approximate surface area is 137 Å². The number of aryl methyl sites for hydroxylation is 3. The van der Waals surface area contributed by atoms with Crippen molar-refractivity contribution in [2.24, 2.45) is 7.05 Å². The molecule has 0 bridgehead atoms. The van der Waals surface area contributed by atoms with Crippen LogP contribution in [0.25, 0.3) is 10.2 Å². The van der Waals surface area contributed by atoms with Gasteiger partial charge >= 0.3 is 0 Å². The fraction of sp³-hybridized carbons (Fsp3) is 0.400. The van der Waals surface area contributed by atoms with Crippen LogP contribution in [-0.2, 0) is 7.05 Å². The van der Waals surface area contributed by atoms with Gasteiger partial charge in [-0.15, -0.1) is 16.4 Å². The Balaban J connectivity index is 1.97. The average molecular weight is 333 g/mol. The number of H-pyrrole nitrogens is 1. The first-order valence-electron chi connectivity index (χ1n) is 7.24. The molecular weight excluding hydrogens is 314 g/mol. The van der Waals surface area contributed by atoms with Crippen molar-refractivity contribution >= 4 is 27.2 Å². The van der Waals surface area contributed by atoms with Gasteiger partial charge in [0.25, 0.3) is 11.4 Å². The molecule has 1 atom stereocenters. The summed E-state index contributed by atoms with van der Waals surface area (Å²) in [6.45, 7) is 5.89.